The first-order valence-corrected chi connectivity index (χ1v) is 7.90. The third kappa shape index (κ3) is 3.03. The second-order valence-corrected chi connectivity index (χ2v) is 6.09. The van der Waals surface area contributed by atoms with Crippen LogP contribution in [0, 0.1) is 0 Å². The standard InChI is InChI=1S/C16H12ClF3N4O/c17-12-5-6-22-15-13(12)14(9-7-21-8-9)23-24(15)10-1-3-11(4-2-10)25-16(18,19)20/h1-6,9,21H,7-8H2. The summed E-state index contributed by atoms with van der Waals surface area (Å²) in [5.74, 6) is -0.0552. The highest BCUT2D eigenvalue weighted by Crippen LogP contribution is 2.33. The minimum atomic E-state index is -4.72. The largest absolute Gasteiger partial charge is 0.573 e. The van der Waals surface area contributed by atoms with E-state index >= 15 is 0 Å². The molecule has 0 aliphatic carbocycles. The van der Waals surface area contributed by atoms with Gasteiger partial charge in [0, 0.05) is 25.2 Å². The number of benzene rings is 1. The van der Waals surface area contributed by atoms with Gasteiger partial charge in [0.15, 0.2) is 5.65 Å². The van der Waals surface area contributed by atoms with E-state index in [1.54, 1.807) is 16.9 Å². The van der Waals surface area contributed by atoms with Crippen LogP contribution in [0.1, 0.15) is 11.6 Å². The summed E-state index contributed by atoms with van der Waals surface area (Å²) in [6.07, 6.45) is -3.15. The summed E-state index contributed by atoms with van der Waals surface area (Å²) in [6, 6.07) is 7.18. The SMILES string of the molecule is FC(F)(F)Oc1ccc(-n2nc(C3CNC3)c3c(Cl)ccnc32)cc1. The van der Waals surface area contributed by atoms with Gasteiger partial charge in [0.2, 0.25) is 0 Å². The molecular formula is C16H12ClF3N4O. The van der Waals surface area contributed by atoms with Crippen molar-refractivity contribution in [2.24, 2.45) is 0 Å². The van der Waals surface area contributed by atoms with Gasteiger partial charge in [-0.15, -0.1) is 13.2 Å². The van der Waals surface area contributed by atoms with Crippen molar-refractivity contribution in [3.05, 3.63) is 47.2 Å². The summed E-state index contributed by atoms with van der Waals surface area (Å²) >= 11 is 6.33. The van der Waals surface area contributed by atoms with Crippen LogP contribution in [0.2, 0.25) is 5.02 Å². The van der Waals surface area contributed by atoms with E-state index in [9.17, 15) is 13.2 Å². The Morgan fingerprint density at radius 2 is 1.88 bits per heavy atom. The Bertz CT molecular complexity index is 920. The Hall–Kier alpha value is -2.32. The molecule has 0 unspecified atom stereocenters. The molecule has 0 saturated carbocycles. The van der Waals surface area contributed by atoms with E-state index < -0.39 is 6.36 Å². The highest BCUT2D eigenvalue weighted by Gasteiger charge is 2.31. The number of nitrogens with one attached hydrogen (secondary N) is 1. The van der Waals surface area contributed by atoms with Gasteiger partial charge < -0.3 is 10.1 Å². The van der Waals surface area contributed by atoms with E-state index in [-0.39, 0.29) is 11.7 Å². The molecule has 3 heterocycles. The summed E-state index contributed by atoms with van der Waals surface area (Å²) in [7, 11) is 0. The Labute approximate surface area is 145 Å². The predicted molar refractivity (Wildman–Crippen MR) is 86.2 cm³/mol. The van der Waals surface area contributed by atoms with Crippen LogP contribution < -0.4 is 10.1 Å². The van der Waals surface area contributed by atoms with Crippen LogP contribution in [0.5, 0.6) is 5.75 Å². The molecule has 0 radical (unpaired) electrons. The first-order valence-electron chi connectivity index (χ1n) is 7.52. The van der Waals surface area contributed by atoms with Gasteiger partial charge in [-0.3, -0.25) is 0 Å². The van der Waals surface area contributed by atoms with Gasteiger partial charge in [-0.1, -0.05) is 11.6 Å². The number of ether oxygens (including phenoxy) is 1. The lowest BCUT2D eigenvalue weighted by Gasteiger charge is -2.25. The van der Waals surface area contributed by atoms with Gasteiger partial charge in [0.1, 0.15) is 5.75 Å². The van der Waals surface area contributed by atoms with Crippen LogP contribution in [0.3, 0.4) is 0 Å². The van der Waals surface area contributed by atoms with E-state index in [4.69, 9.17) is 11.6 Å². The molecule has 0 bridgehead atoms. The Kier molecular flexibility index (Phi) is 3.81. The number of aromatic nitrogens is 3. The summed E-state index contributed by atoms with van der Waals surface area (Å²) in [5, 5.41) is 9.12. The Balaban J connectivity index is 1.77. The molecule has 1 fully saturated rings. The molecule has 0 atom stereocenters. The van der Waals surface area contributed by atoms with Crippen LogP contribution in [0.4, 0.5) is 13.2 Å². The lowest BCUT2D eigenvalue weighted by molar-refractivity contribution is -0.274. The molecule has 2 aromatic heterocycles. The predicted octanol–water partition coefficient (Wildman–Crippen LogP) is 3.66. The minimum absolute atomic E-state index is 0.235. The summed E-state index contributed by atoms with van der Waals surface area (Å²) < 4.78 is 42.3. The van der Waals surface area contributed by atoms with Crippen LogP contribution in [-0.4, -0.2) is 34.2 Å². The second kappa shape index (κ2) is 5.89. The molecule has 1 saturated heterocycles. The van der Waals surface area contributed by atoms with Crippen LogP contribution in [0.25, 0.3) is 16.7 Å². The molecule has 0 amide bonds. The normalized spacial score (nSPS) is 15.4. The molecule has 25 heavy (non-hydrogen) atoms. The molecular weight excluding hydrogens is 357 g/mol. The summed E-state index contributed by atoms with van der Waals surface area (Å²) in [6.45, 7) is 1.60. The van der Waals surface area contributed by atoms with Gasteiger partial charge in [-0.25, -0.2) is 9.67 Å². The monoisotopic (exact) mass is 368 g/mol. The zero-order valence-electron chi connectivity index (χ0n) is 12.7. The number of fused-ring (bicyclic) bond motifs is 1. The molecule has 1 aliphatic rings. The third-order valence-electron chi connectivity index (χ3n) is 4.03. The maximum absolute atomic E-state index is 12.3. The van der Waals surface area contributed by atoms with Crippen molar-refractivity contribution >= 4 is 22.6 Å². The molecule has 5 nitrogen and oxygen atoms in total. The van der Waals surface area contributed by atoms with Crippen molar-refractivity contribution in [1.29, 1.82) is 0 Å². The van der Waals surface area contributed by atoms with Crippen LogP contribution in [-0.2, 0) is 0 Å². The van der Waals surface area contributed by atoms with E-state index in [0.717, 1.165) is 24.2 Å². The van der Waals surface area contributed by atoms with E-state index in [1.807, 2.05) is 0 Å². The number of halogens is 4. The topological polar surface area (TPSA) is 52.0 Å². The molecule has 3 aromatic rings. The molecule has 1 N–H and O–H groups in total. The highest BCUT2D eigenvalue weighted by molar-refractivity contribution is 6.35. The minimum Gasteiger partial charge on any atom is -0.406 e. The van der Waals surface area contributed by atoms with Crippen molar-refractivity contribution in [2.45, 2.75) is 12.3 Å². The first-order chi connectivity index (χ1) is 11.9. The maximum atomic E-state index is 12.3. The molecule has 9 heteroatoms. The van der Waals surface area contributed by atoms with Crippen molar-refractivity contribution in [1.82, 2.24) is 20.1 Å². The fourth-order valence-electron chi connectivity index (χ4n) is 2.77. The van der Waals surface area contributed by atoms with Gasteiger partial charge in [0.25, 0.3) is 0 Å². The quantitative estimate of drug-likeness (QED) is 0.766. The number of hydrogen-bond donors (Lipinski definition) is 1. The fourth-order valence-corrected chi connectivity index (χ4v) is 3.01. The first kappa shape index (κ1) is 16.2. The summed E-state index contributed by atoms with van der Waals surface area (Å²) in [5.41, 5.74) is 1.98. The second-order valence-electron chi connectivity index (χ2n) is 5.69. The molecule has 1 aliphatic heterocycles. The van der Waals surface area contributed by atoms with Crippen molar-refractivity contribution in [2.75, 3.05) is 13.1 Å². The van der Waals surface area contributed by atoms with E-state index in [1.165, 1.54) is 24.3 Å². The fraction of sp³-hybridized carbons (Fsp3) is 0.250. The number of pyridine rings is 1. The number of nitrogens with zero attached hydrogens (tertiary/aromatic N) is 3. The lowest BCUT2D eigenvalue weighted by atomic mass is 9.97. The van der Waals surface area contributed by atoms with Crippen molar-refractivity contribution in [3.8, 4) is 11.4 Å². The summed E-state index contributed by atoms with van der Waals surface area (Å²) in [4.78, 5) is 4.35. The van der Waals surface area contributed by atoms with Crippen molar-refractivity contribution in [3.63, 3.8) is 0 Å². The number of hydrogen-bond acceptors (Lipinski definition) is 4. The number of rotatable bonds is 3. The van der Waals surface area contributed by atoms with Gasteiger partial charge in [-0.05, 0) is 30.3 Å². The molecule has 0 spiro atoms. The average molecular weight is 369 g/mol. The van der Waals surface area contributed by atoms with E-state index in [0.29, 0.717) is 16.4 Å². The zero-order valence-corrected chi connectivity index (χ0v) is 13.5. The Morgan fingerprint density at radius 3 is 2.48 bits per heavy atom. The van der Waals surface area contributed by atoms with E-state index in [2.05, 4.69) is 20.1 Å². The van der Waals surface area contributed by atoms with Gasteiger partial charge in [-0.2, -0.15) is 5.10 Å². The number of alkyl halides is 3. The van der Waals surface area contributed by atoms with Crippen molar-refractivity contribution < 1.29 is 17.9 Å². The average Bonchev–Trinajstić information content (AvgIpc) is 2.85. The maximum Gasteiger partial charge on any atom is 0.573 e. The van der Waals surface area contributed by atoms with Crippen LogP contribution in [0.15, 0.2) is 36.5 Å². The molecule has 1 aromatic carbocycles. The lowest BCUT2D eigenvalue weighted by Crippen LogP contribution is -2.40. The Morgan fingerprint density at radius 1 is 1.16 bits per heavy atom. The third-order valence-corrected chi connectivity index (χ3v) is 4.34. The molecule has 130 valence electrons. The smallest absolute Gasteiger partial charge is 0.406 e. The highest BCUT2D eigenvalue weighted by atomic mass is 35.5. The van der Waals surface area contributed by atoms with Gasteiger partial charge in [0.05, 0.1) is 21.8 Å². The van der Waals surface area contributed by atoms with Gasteiger partial charge >= 0.3 is 6.36 Å². The van der Waals surface area contributed by atoms with Crippen LogP contribution >= 0.6 is 11.6 Å². The molecule has 4 rings (SSSR count). The zero-order chi connectivity index (χ0) is 17.6.